The molecule has 1 aliphatic heterocycles. The smallest absolute Gasteiger partial charge is 0.319 e. The third-order valence-electron chi connectivity index (χ3n) is 4.40. The first-order valence-electron chi connectivity index (χ1n) is 7.12. The average Bonchev–Trinajstić information content (AvgIpc) is 2.99. The minimum absolute atomic E-state index is 0.253. The van der Waals surface area contributed by atoms with Crippen molar-refractivity contribution in [2.24, 2.45) is 0 Å². The van der Waals surface area contributed by atoms with Crippen molar-refractivity contribution in [3.8, 4) is 0 Å². The number of rotatable bonds is 1. The van der Waals surface area contributed by atoms with Crippen molar-refractivity contribution >= 4 is 17.6 Å². The number of carbonyl (C=O) groups is 2. The molecule has 0 saturated carbocycles. The molecule has 1 fully saturated rings. The van der Waals surface area contributed by atoms with E-state index in [1.165, 1.54) is 18.2 Å². The number of halogens is 1. The highest BCUT2D eigenvalue weighted by atomic mass is 19.1. The second-order valence-corrected chi connectivity index (χ2v) is 5.61. The van der Waals surface area contributed by atoms with Gasteiger partial charge in [-0.1, -0.05) is 30.3 Å². The van der Waals surface area contributed by atoms with Crippen LogP contribution in [0, 0.1) is 5.82 Å². The highest BCUT2D eigenvalue weighted by Crippen LogP contribution is 2.42. The van der Waals surface area contributed by atoms with Crippen molar-refractivity contribution in [2.45, 2.75) is 18.4 Å². The van der Waals surface area contributed by atoms with E-state index in [4.69, 9.17) is 0 Å². The summed E-state index contributed by atoms with van der Waals surface area (Å²) in [4.78, 5) is 26.3. The van der Waals surface area contributed by atoms with Gasteiger partial charge in [-0.15, -0.1) is 0 Å². The standard InChI is InChI=1S/C17H13FN2O2/c18-12-5-3-6-13(10-12)20-15(21)17(19-16(20)22)9-8-11-4-1-2-7-14(11)17/h1-7,10H,8-9H2,(H,19,22). The van der Waals surface area contributed by atoms with Crippen molar-refractivity contribution in [1.82, 2.24) is 5.32 Å². The fraction of sp³-hybridized carbons (Fsp3) is 0.176. The Labute approximate surface area is 126 Å². The van der Waals surface area contributed by atoms with Gasteiger partial charge in [0.2, 0.25) is 0 Å². The van der Waals surface area contributed by atoms with Gasteiger partial charge < -0.3 is 5.32 Å². The molecule has 0 aromatic heterocycles. The molecule has 0 radical (unpaired) electrons. The molecule has 3 amide bonds. The Balaban J connectivity index is 1.81. The van der Waals surface area contributed by atoms with Gasteiger partial charge in [0.1, 0.15) is 11.4 Å². The molecule has 2 aromatic carbocycles. The van der Waals surface area contributed by atoms with Crippen molar-refractivity contribution in [3.05, 3.63) is 65.5 Å². The van der Waals surface area contributed by atoms with Gasteiger partial charge in [0, 0.05) is 0 Å². The van der Waals surface area contributed by atoms with Gasteiger partial charge in [-0.3, -0.25) is 4.79 Å². The summed E-state index contributed by atoms with van der Waals surface area (Å²) in [6.45, 7) is 0. The van der Waals surface area contributed by atoms with Crippen molar-refractivity contribution in [1.29, 1.82) is 0 Å². The van der Waals surface area contributed by atoms with E-state index in [0.29, 0.717) is 6.42 Å². The Bertz CT molecular complexity index is 805. The van der Waals surface area contributed by atoms with E-state index in [0.717, 1.165) is 22.4 Å². The molecule has 110 valence electrons. The molecule has 1 N–H and O–H groups in total. The Morgan fingerprint density at radius 1 is 1.09 bits per heavy atom. The summed E-state index contributed by atoms with van der Waals surface area (Å²) in [6.07, 6.45) is 1.27. The van der Waals surface area contributed by atoms with E-state index in [1.54, 1.807) is 6.07 Å². The van der Waals surface area contributed by atoms with Crippen LogP contribution in [0.25, 0.3) is 0 Å². The summed E-state index contributed by atoms with van der Waals surface area (Å²) in [5.74, 6) is -0.820. The molecule has 1 spiro atoms. The van der Waals surface area contributed by atoms with E-state index in [1.807, 2.05) is 24.3 Å². The zero-order valence-electron chi connectivity index (χ0n) is 11.7. The van der Waals surface area contributed by atoms with Crippen molar-refractivity contribution in [2.75, 3.05) is 4.90 Å². The molecule has 5 heteroatoms. The maximum atomic E-state index is 13.4. The molecule has 1 atom stereocenters. The van der Waals surface area contributed by atoms with Crippen LogP contribution in [0.1, 0.15) is 17.5 Å². The van der Waals surface area contributed by atoms with Crippen LogP contribution in [0.15, 0.2) is 48.5 Å². The predicted octanol–water partition coefficient (Wildman–Crippen LogP) is 2.72. The number of hydrogen-bond acceptors (Lipinski definition) is 2. The van der Waals surface area contributed by atoms with Gasteiger partial charge in [0.15, 0.2) is 0 Å². The number of anilines is 1. The number of benzene rings is 2. The fourth-order valence-electron chi connectivity index (χ4n) is 3.39. The number of urea groups is 1. The van der Waals surface area contributed by atoms with Crippen LogP contribution in [0.3, 0.4) is 0 Å². The van der Waals surface area contributed by atoms with Crippen LogP contribution in [0.4, 0.5) is 14.9 Å². The highest BCUT2D eigenvalue weighted by molar-refractivity contribution is 6.23. The quantitative estimate of drug-likeness (QED) is 0.823. The van der Waals surface area contributed by atoms with Gasteiger partial charge in [0.05, 0.1) is 5.69 Å². The molecular weight excluding hydrogens is 283 g/mol. The number of hydrogen-bond donors (Lipinski definition) is 1. The number of nitrogens with one attached hydrogen (secondary N) is 1. The monoisotopic (exact) mass is 296 g/mol. The number of aryl methyl sites for hydroxylation is 1. The second-order valence-electron chi connectivity index (χ2n) is 5.61. The van der Waals surface area contributed by atoms with Gasteiger partial charge in [-0.05, 0) is 42.2 Å². The second kappa shape index (κ2) is 4.40. The van der Waals surface area contributed by atoms with Gasteiger partial charge in [-0.25, -0.2) is 14.1 Å². The Kier molecular flexibility index (Phi) is 2.60. The lowest BCUT2D eigenvalue weighted by Crippen LogP contribution is -2.41. The number of fused-ring (bicyclic) bond motifs is 2. The Hall–Kier alpha value is -2.69. The van der Waals surface area contributed by atoms with Crippen LogP contribution in [-0.2, 0) is 16.8 Å². The highest BCUT2D eigenvalue weighted by Gasteiger charge is 2.55. The topological polar surface area (TPSA) is 49.4 Å². The molecule has 4 rings (SSSR count). The van der Waals surface area contributed by atoms with Crippen LogP contribution in [-0.4, -0.2) is 11.9 Å². The van der Waals surface area contributed by atoms with Crippen LogP contribution >= 0.6 is 0 Å². The lowest BCUT2D eigenvalue weighted by Gasteiger charge is -2.22. The van der Waals surface area contributed by atoms with E-state index in [9.17, 15) is 14.0 Å². The first-order chi connectivity index (χ1) is 10.6. The number of amides is 3. The van der Waals surface area contributed by atoms with Crippen LogP contribution in [0.5, 0.6) is 0 Å². The number of nitrogens with zero attached hydrogens (tertiary/aromatic N) is 1. The summed E-state index contributed by atoms with van der Waals surface area (Å²) < 4.78 is 13.4. The van der Waals surface area contributed by atoms with E-state index >= 15 is 0 Å². The summed E-state index contributed by atoms with van der Waals surface area (Å²) >= 11 is 0. The third kappa shape index (κ3) is 1.62. The largest absolute Gasteiger partial charge is 0.329 e. The maximum Gasteiger partial charge on any atom is 0.329 e. The fourth-order valence-corrected chi connectivity index (χ4v) is 3.39. The normalized spacial score (nSPS) is 23.0. The van der Waals surface area contributed by atoms with Crippen LogP contribution < -0.4 is 10.2 Å². The minimum atomic E-state index is -1.01. The molecular formula is C17H13FN2O2. The van der Waals surface area contributed by atoms with E-state index in [-0.39, 0.29) is 11.6 Å². The van der Waals surface area contributed by atoms with E-state index in [2.05, 4.69) is 5.32 Å². The molecule has 1 heterocycles. The van der Waals surface area contributed by atoms with E-state index < -0.39 is 17.4 Å². The first-order valence-corrected chi connectivity index (χ1v) is 7.12. The zero-order valence-corrected chi connectivity index (χ0v) is 11.7. The lowest BCUT2D eigenvalue weighted by atomic mass is 9.92. The van der Waals surface area contributed by atoms with Crippen molar-refractivity contribution in [3.63, 3.8) is 0 Å². The SMILES string of the molecule is O=C1NC2(CCc3ccccc32)C(=O)N1c1cccc(F)c1. The Morgan fingerprint density at radius 2 is 1.91 bits per heavy atom. The van der Waals surface area contributed by atoms with Crippen LogP contribution in [0.2, 0.25) is 0 Å². The lowest BCUT2D eigenvalue weighted by molar-refractivity contribution is -0.122. The van der Waals surface area contributed by atoms with Crippen molar-refractivity contribution < 1.29 is 14.0 Å². The minimum Gasteiger partial charge on any atom is -0.319 e. The number of carbonyl (C=O) groups excluding carboxylic acids is 2. The molecule has 0 bridgehead atoms. The molecule has 4 nitrogen and oxygen atoms in total. The third-order valence-corrected chi connectivity index (χ3v) is 4.40. The molecule has 2 aliphatic rings. The Morgan fingerprint density at radius 3 is 2.73 bits per heavy atom. The summed E-state index contributed by atoms with van der Waals surface area (Å²) in [5.41, 5.74) is 1.15. The van der Waals surface area contributed by atoms with Gasteiger partial charge in [0.25, 0.3) is 5.91 Å². The van der Waals surface area contributed by atoms with Gasteiger partial charge >= 0.3 is 6.03 Å². The predicted molar refractivity (Wildman–Crippen MR) is 78.9 cm³/mol. The molecule has 1 saturated heterocycles. The molecule has 22 heavy (non-hydrogen) atoms. The van der Waals surface area contributed by atoms with Gasteiger partial charge in [-0.2, -0.15) is 0 Å². The molecule has 1 unspecified atom stereocenters. The zero-order chi connectivity index (χ0) is 15.3. The number of imide groups is 1. The molecule has 2 aromatic rings. The maximum absolute atomic E-state index is 13.4. The molecule has 1 aliphatic carbocycles. The average molecular weight is 296 g/mol. The summed E-state index contributed by atoms with van der Waals surface area (Å²) in [5, 5.41) is 2.82. The summed E-state index contributed by atoms with van der Waals surface area (Å²) in [6, 6.07) is 12.6. The first kappa shape index (κ1) is 13.0. The summed E-state index contributed by atoms with van der Waals surface area (Å²) in [7, 11) is 0.